The number of aliphatic hydroxyl groups is 1. The van der Waals surface area contributed by atoms with Gasteiger partial charge in [-0.3, -0.25) is 4.79 Å². The van der Waals surface area contributed by atoms with Crippen molar-refractivity contribution in [3.8, 4) is 5.75 Å². The highest BCUT2D eigenvalue weighted by Crippen LogP contribution is 2.20. The number of ether oxygens (including phenoxy) is 1. The summed E-state index contributed by atoms with van der Waals surface area (Å²) in [5.41, 5.74) is 1.47. The maximum Gasteiger partial charge on any atom is 0.251 e. The van der Waals surface area contributed by atoms with Crippen LogP contribution < -0.4 is 10.1 Å². The van der Waals surface area contributed by atoms with E-state index in [0.717, 1.165) is 5.56 Å². The molecule has 0 heterocycles. The van der Waals surface area contributed by atoms with Gasteiger partial charge in [0, 0.05) is 18.7 Å². The molecule has 0 bridgehead atoms. The number of amides is 1. The highest BCUT2D eigenvalue weighted by atomic mass is 16.5. The van der Waals surface area contributed by atoms with Crippen molar-refractivity contribution in [2.45, 2.75) is 27.2 Å². The Hall–Kier alpha value is -1.55. The van der Waals surface area contributed by atoms with E-state index in [4.69, 9.17) is 9.84 Å². The van der Waals surface area contributed by atoms with E-state index in [1.165, 1.54) is 0 Å². The van der Waals surface area contributed by atoms with E-state index in [2.05, 4.69) is 5.32 Å². The van der Waals surface area contributed by atoms with E-state index in [0.29, 0.717) is 24.3 Å². The Morgan fingerprint density at radius 2 is 2.11 bits per heavy atom. The lowest BCUT2D eigenvalue weighted by atomic mass is 9.89. The summed E-state index contributed by atoms with van der Waals surface area (Å²) in [4.78, 5) is 12.0. The van der Waals surface area contributed by atoms with Gasteiger partial charge in [0.05, 0.1) is 7.11 Å². The Kier molecular flexibility index (Phi) is 5.36. The second-order valence-electron chi connectivity index (χ2n) is 5.50. The van der Waals surface area contributed by atoms with Crippen LogP contribution in [0.25, 0.3) is 0 Å². The lowest BCUT2D eigenvalue weighted by molar-refractivity contribution is 0.0928. The first-order valence-electron chi connectivity index (χ1n) is 6.43. The molecule has 0 fully saturated rings. The molecule has 0 aliphatic heterocycles. The molecular weight excluding hydrogens is 242 g/mol. The minimum Gasteiger partial charge on any atom is -0.496 e. The van der Waals surface area contributed by atoms with Gasteiger partial charge in [0.15, 0.2) is 0 Å². The van der Waals surface area contributed by atoms with Gasteiger partial charge in [-0.05, 0) is 36.5 Å². The third-order valence-corrected chi connectivity index (χ3v) is 3.19. The second-order valence-corrected chi connectivity index (χ2v) is 5.50. The zero-order valence-corrected chi connectivity index (χ0v) is 12.1. The number of nitrogens with one attached hydrogen (secondary N) is 1. The zero-order chi connectivity index (χ0) is 14.5. The van der Waals surface area contributed by atoms with Crippen molar-refractivity contribution in [2.24, 2.45) is 5.41 Å². The molecule has 0 aliphatic rings. The van der Waals surface area contributed by atoms with Crippen LogP contribution in [-0.4, -0.2) is 31.3 Å². The van der Waals surface area contributed by atoms with Crippen LogP contribution in [-0.2, 0) is 0 Å². The monoisotopic (exact) mass is 265 g/mol. The van der Waals surface area contributed by atoms with Gasteiger partial charge in [-0.1, -0.05) is 19.9 Å². The molecule has 4 heteroatoms. The first-order chi connectivity index (χ1) is 8.89. The molecule has 0 spiro atoms. The molecule has 1 rings (SSSR count). The fourth-order valence-corrected chi connectivity index (χ4v) is 1.77. The van der Waals surface area contributed by atoms with Crippen LogP contribution in [0, 0.1) is 12.3 Å². The number of rotatable bonds is 6. The van der Waals surface area contributed by atoms with E-state index >= 15 is 0 Å². The minimum absolute atomic E-state index is 0.112. The number of aryl methyl sites for hydroxylation is 1. The third-order valence-electron chi connectivity index (χ3n) is 3.19. The normalized spacial score (nSPS) is 11.2. The molecule has 0 aromatic heterocycles. The summed E-state index contributed by atoms with van der Waals surface area (Å²) in [5, 5.41) is 11.8. The number of carbonyl (C=O) groups is 1. The predicted molar refractivity (Wildman–Crippen MR) is 75.5 cm³/mol. The molecule has 106 valence electrons. The summed E-state index contributed by atoms with van der Waals surface area (Å²) in [6.07, 6.45) is 0.657. The van der Waals surface area contributed by atoms with Crippen LogP contribution in [0.15, 0.2) is 18.2 Å². The van der Waals surface area contributed by atoms with Crippen molar-refractivity contribution in [2.75, 3.05) is 20.3 Å². The van der Waals surface area contributed by atoms with Crippen LogP contribution in [0.3, 0.4) is 0 Å². The Bertz CT molecular complexity index is 441. The zero-order valence-electron chi connectivity index (χ0n) is 12.1. The number of methoxy groups -OCH3 is 1. The van der Waals surface area contributed by atoms with Crippen LogP contribution >= 0.6 is 0 Å². The first-order valence-corrected chi connectivity index (χ1v) is 6.43. The average molecular weight is 265 g/mol. The number of aliphatic hydroxyl groups excluding tert-OH is 1. The van der Waals surface area contributed by atoms with Crippen LogP contribution in [0.1, 0.15) is 36.2 Å². The molecule has 0 saturated carbocycles. The van der Waals surface area contributed by atoms with Crippen molar-refractivity contribution in [1.29, 1.82) is 0 Å². The van der Waals surface area contributed by atoms with Gasteiger partial charge in [0.1, 0.15) is 5.75 Å². The van der Waals surface area contributed by atoms with Gasteiger partial charge < -0.3 is 15.2 Å². The summed E-state index contributed by atoms with van der Waals surface area (Å²) in [5.74, 6) is 0.589. The number of hydrogen-bond acceptors (Lipinski definition) is 3. The predicted octanol–water partition coefficient (Wildman–Crippen LogP) is 2.14. The topological polar surface area (TPSA) is 58.6 Å². The van der Waals surface area contributed by atoms with Gasteiger partial charge in [-0.2, -0.15) is 0 Å². The Morgan fingerprint density at radius 1 is 1.42 bits per heavy atom. The second kappa shape index (κ2) is 6.57. The van der Waals surface area contributed by atoms with Crippen molar-refractivity contribution in [1.82, 2.24) is 5.32 Å². The molecule has 0 unspecified atom stereocenters. The van der Waals surface area contributed by atoms with Gasteiger partial charge in [-0.25, -0.2) is 0 Å². The molecule has 19 heavy (non-hydrogen) atoms. The van der Waals surface area contributed by atoms with Gasteiger partial charge >= 0.3 is 0 Å². The van der Waals surface area contributed by atoms with E-state index in [1.807, 2.05) is 26.8 Å². The molecule has 0 atom stereocenters. The van der Waals surface area contributed by atoms with E-state index in [1.54, 1.807) is 19.2 Å². The van der Waals surface area contributed by atoms with Crippen LogP contribution in [0.2, 0.25) is 0 Å². The molecule has 1 aromatic rings. The number of carbonyl (C=O) groups excluding carboxylic acids is 1. The number of hydrogen-bond donors (Lipinski definition) is 2. The van der Waals surface area contributed by atoms with Gasteiger partial charge in [-0.15, -0.1) is 0 Å². The molecule has 2 N–H and O–H groups in total. The standard InChI is InChI=1S/C15H23NO3/c1-11-5-6-12(9-13(11)19-4)14(18)16-10-15(2,3)7-8-17/h5-6,9,17H,7-8,10H2,1-4H3,(H,16,18). The third kappa shape index (κ3) is 4.56. The molecule has 4 nitrogen and oxygen atoms in total. The number of benzene rings is 1. The van der Waals surface area contributed by atoms with Crippen molar-refractivity contribution in [3.63, 3.8) is 0 Å². The Morgan fingerprint density at radius 3 is 2.68 bits per heavy atom. The largest absolute Gasteiger partial charge is 0.496 e. The quantitative estimate of drug-likeness (QED) is 0.828. The van der Waals surface area contributed by atoms with E-state index in [9.17, 15) is 4.79 Å². The first kappa shape index (κ1) is 15.5. The smallest absolute Gasteiger partial charge is 0.251 e. The summed E-state index contributed by atoms with van der Waals surface area (Å²) in [6, 6.07) is 5.39. The van der Waals surface area contributed by atoms with Crippen molar-refractivity contribution in [3.05, 3.63) is 29.3 Å². The van der Waals surface area contributed by atoms with E-state index in [-0.39, 0.29) is 17.9 Å². The fourth-order valence-electron chi connectivity index (χ4n) is 1.77. The van der Waals surface area contributed by atoms with E-state index < -0.39 is 0 Å². The molecule has 0 aliphatic carbocycles. The van der Waals surface area contributed by atoms with Crippen molar-refractivity contribution >= 4 is 5.91 Å². The van der Waals surface area contributed by atoms with Gasteiger partial charge in [0.2, 0.25) is 0 Å². The molecule has 0 saturated heterocycles. The maximum atomic E-state index is 12.0. The highest BCUT2D eigenvalue weighted by Gasteiger charge is 2.18. The lowest BCUT2D eigenvalue weighted by Gasteiger charge is -2.23. The summed E-state index contributed by atoms with van der Waals surface area (Å²) in [7, 11) is 1.59. The van der Waals surface area contributed by atoms with Crippen LogP contribution in [0.5, 0.6) is 5.75 Å². The highest BCUT2D eigenvalue weighted by molar-refractivity contribution is 5.94. The lowest BCUT2D eigenvalue weighted by Crippen LogP contribution is -2.34. The Labute approximate surface area is 114 Å². The van der Waals surface area contributed by atoms with Gasteiger partial charge in [0.25, 0.3) is 5.91 Å². The SMILES string of the molecule is COc1cc(C(=O)NCC(C)(C)CCO)ccc1C. The summed E-state index contributed by atoms with van der Waals surface area (Å²) < 4.78 is 5.21. The summed E-state index contributed by atoms with van der Waals surface area (Å²) in [6.45, 7) is 6.62. The summed E-state index contributed by atoms with van der Waals surface area (Å²) >= 11 is 0. The van der Waals surface area contributed by atoms with Crippen molar-refractivity contribution < 1.29 is 14.6 Å². The molecular formula is C15H23NO3. The minimum atomic E-state index is -0.121. The Balaban J connectivity index is 2.68. The maximum absolute atomic E-state index is 12.0. The molecule has 0 radical (unpaired) electrons. The average Bonchev–Trinajstić information content (AvgIpc) is 2.36. The van der Waals surface area contributed by atoms with Crippen LogP contribution in [0.4, 0.5) is 0 Å². The fraction of sp³-hybridized carbons (Fsp3) is 0.533. The molecule has 1 amide bonds. The molecule has 1 aromatic carbocycles.